The Morgan fingerprint density at radius 1 is 1.05 bits per heavy atom. The maximum atomic E-state index is 13.7. The molecule has 2 N–H and O–H groups in total. The van der Waals surface area contributed by atoms with E-state index in [0.717, 1.165) is 30.5 Å². The van der Waals surface area contributed by atoms with Gasteiger partial charge in [0.15, 0.2) is 5.82 Å². The van der Waals surface area contributed by atoms with E-state index in [9.17, 15) is 9.59 Å². The highest BCUT2D eigenvalue weighted by Crippen LogP contribution is 2.32. The van der Waals surface area contributed by atoms with Crippen molar-refractivity contribution in [1.82, 2.24) is 24.4 Å². The van der Waals surface area contributed by atoms with E-state index < -0.39 is 5.91 Å². The molecular formula is C28H28N6O3. The largest absolute Gasteiger partial charge is 0.439 e. The van der Waals surface area contributed by atoms with Crippen LogP contribution in [0.15, 0.2) is 73.3 Å². The minimum Gasteiger partial charge on any atom is -0.439 e. The molecule has 5 rings (SSSR count). The number of primary amides is 1. The minimum atomic E-state index is -0.499. The molecule has 188 valence electrons. The third kappa shape index (κ3) is 5.66. The predicted molar refractivity (Wildman–Crippen MR) is 137 cm³/mol. The van der Waals surface area contributed by atoms with Crippen LogP contribution in [-0.2, 0) is 6.54 Å². The lowest BCUT2D eigenvalue weighted by atomic mass is 9.99. The van der Waals surface area contributed by atoms with Crippen molar-refractivity contribution in [3.8, 4) is 11.6 Å². The summed E-state index contributed by atoms with van der Waals surface area (Å²) in [5, 5.41) is 0. The van der Waals surface area contributed by atoms with Crippen LogP contribution in [0.5, 0.6) is 11.6 Å². The highest BCUT2D eigenvalue weighted by molar-refractivity contribution is 5.94. The number of imidazole rings is 1. The van der Waals surface area contributed by atoms with Crippen LogP contribution in [0.1, 0.15) is 63.1 Å². The molecule has 0 aliphatic carbocycles. The maximum absolute atomic E-state index is 13.7. The Bertz CT molecular complexity index is 1400. The first kappa shape index (κ1) is 24.2. The number of aryl methyl sites for hydroxylation is 1. The van der Waals surface area contributed by atoms with Gasteiger partial charge in [-0.3, -0.25) is 9.59 Å². The molecule has 1 fully saturated rings. The molecule has 0 spiro atoms. The first-order valence-electron chi connectivity index (χ1n) is 12.3. The topological polar surface area (TPSA) is 116 Å². The maximum Gasteiger partial charge on any atom is 0.254 e. The van der Waals surface area contributed by atoms with Gasteiger partial charge in [-0.25, -0.2) is 9.97 Å². The van der Waals surface area contributed by atoms with Crippen molar-refractivity contribution < 1.29 is 14.3 Å². The summed E-state index contributed by atoms with van der Waals surface area (Å²) in [6.45, 7) is 3.16. The molecule has 37 heavy (non-hydrogen) atoms. The molecule has 2 amide bonds. The third-order valence-corrected chi connectivity index (χ3v) is 6.37. The van der Waals surface area contributed by atoms with Crippen LogP contribution in [0.2, 0.25) is 0 Å². The van der Waals surface area contributed by atoms with Gasteiger partial charge in [-0.05, 0) is 68.1 Å². The molecule has 1 aliphatic rings. The van der Waals surface area contributed by atoms with E-state index >= 15 is 0 Å². The van der Waals surface area contributed by atoms with E-state index in [0.29, 0.717) is 41.7 Å². The van der Waals surface area contributed by atoms with Gasteiger partial charge in [0.1, 0.15) is 5.75 Å². The fourth-order valence-electron chi connectivity index (χ4n) is 4.57. The Morgan fingerprint density at radius 3 is 2.65 bits per heavy atom. The first-order chi connectivity index (χ1) is 18.0. The molecule has 3 heterocycles. The Labute approximate surface area is 214 Å². The number of benzene rings is 2. The van der Waals surface area contributed by atoms with Gasteiger partial charge in [0.2, 0.25) is 11.8 Å². The molecular weight excluding hydrogens is 468 g/mol. The van der Waals surface area contributed by atoms with Gasteiger partial charge in [0, 0.05) is 48.4 Å². The van der Waals surface area contributed by atoms with Crippen LogP contribution in [0.4, 0.5) is 0 Å². The Balaban J connectivity index is 1.38. The van der Waals surface area contributed by atoms with Crippen LogP contribution in [0.25, 0.3) is 0 Å². The van der Waals surface area contributed by atoms with Gasteiger partial charge in [0.05, 0.1) is 12.4 Å². The fourth-order valence-corrected chi connectivity index (χ4v) is 4.57. The summed E-state index contributed by atoms with van der Waals surface area (Å²) < 4.78 is 7.93. The number of nitrogens with two attached hydrogens (primary N) is 1. The van der Waals surface area contributed by atoms with Crippen molar-refractivity contribution >= 4 is 11.8 Å². The molecule has 1 atom stereocenters. The number of hydrogen-bond donors (Lipinski definition) is 1. The second-order valence-electron chi connectivity index (χ2n) is 9.14. The molecule has 0 radical (unpaired) electrons. The van der Waals surface area contributed by atoms with Crippen molar-refractivity contribution in [2.24, 2.45) is 5.73 Å². The number of piperidine rings is 1. The molecule has 2 aromatic carbocycles. The molecule has 4 aromatic rings. The van der Waals surface area contributed by atoms with Crippen LogP contribution in [0.3, 0.4) is 0 Å². The monoisotopic (exact) mass is 496 g/mol. The second-order valence-corrected chi connectivity index (χ2v) is 9.14. The van der Waals surface area contributed by atoms with E-state index in [-0.39, 0.29) is 11.9 Å². The zero-order valence-corrected chi connectivity index (χ0v) is 20.6. The van der Waals surface area contributed by atoms with Gasteiger partial charge >= 0.3 is 0 Å². The van der Waals surface area contributed by atoms with Gasteiger partial charge in [0.25, 0.3) is 5.91 Å². The first-order valence-corrected chi connectivity index (χ1v) is 12.3. The number of hydrogen-bond acceptors (Lipinski definition) is 6. The average molecular weight is 497 g/mol. The molecule has 0 saturated carbocycles. The summed E-state index contributed by atoms with van der Waals surface area (Å²) in [5.41, 5.74) is 8.14. The average Bonchev–Trinajstić information content (AvgIpc) is 3.41. The summed E-state index contributed by atoms with van der Waals surface area (Å²) in [5.74, 6) is 0.939. The van der Waals surface area contributed by atoms with E-state index in [1.165, 1.54) is 0 Å². The quantitative estimate of drug-likeness (QED) is 0.408. The summed E-state index contributed by atoms with van der Waals surface area (Å²) in [4.78, 5) is 40.3. The number of aromatic nitrogens is 4. The highest BCUT2D eigenvalue weighted by Gasteiger charge is 2.31. The molecule has 2 aromatic heterocycles. The zero-order valence-electron chi connectivity index (χ0n) is 20.6. The Morgan fingerprint density at radius 2 is 1.89 bits per heavy atom. The number of rotatable bonds is 7. The number of carbonyl (C=O) groups is 2. The van der Waals surface area contributed by atoms with Crippen molar-refractivity contribution in [3.05, 3.63) is 102 Å². The Hall–Kier alpha value is -4.53. The van der Waals surface area contributed by atoms with E-state index in [1.807, 2.05) is 46.9 Å². The number of likely N-dealkylation sites (tertiary alicyclic amines) is 1. The molecule has 9 heteroatoms. The SMILES string of the molecule is Cc1cc(Oc2ccc(C(N)=O)cc2)nc(C2CCCCN2C(=O)c2cccc(Cn3ccnc3)c2)n1. The van der Waals surface area contributed by atoms with Gasteiger partial charge in [-0.15, -0.1) is 0 Å². The van der Waals surface area contributed by atoms with E-state index in [4.69, 9.17) is 10.5 Å². The fraction of sp³-hybridized carbons (Fsp3) is 0.250. The zero-order chi connectivity index (χ0) is 25.8. The normalized spacial score (nSPS) is 15.4. The number of carbonyl (C=O) groups excluding carboxylic acids is 2. The van der Waals surface area contributed by atoms with Crippen molar-refractivity contribution in [2.45, 2.75) is 38.8 Å². The van der Waals surface area contributed by atoms with Crippen molar-refractivity contribution in [3.63, 3.8) is 0 Å². The second kappa shape index (κ2) is 10.6. The third-order valence-electron chi connectivity index (χ3n) is 6.37. The van der Waals surface area contributed by atoms with Gasteiger partial charge in [-0.1, -0.05) is 12.1 Å². The molecule has 0 bridgehead atoms. The van der Waals surface area contributed by atoms with Crippen molar-refractivity contribution in [1.29, 1.82) is 0 Å². The van der Waals surface area contributed by atoms with E-state index in [2.05, 4.69) is 15.0 Å². The lowest BCUT2D eigenvalue weighted by molar-refractivity contribution is 0.0598. The molecule has 1 aliphatic heterocycles. The number of nitrogens with zero attached hydrogens (tertiary/aromatic N) is 5. The lowest BCUT2D eigenvalue weighted by Gasteiger charge is -2.35. The summed E-state index contributed by atoms with van der Waals surface area (Å²) in [7, 11) is 0. The van der Waals surface area contributed by atoms with Crippen LogP contribution < -0.4 is 10.5 Å². The summed E-state index contributed by atoms with van der Waals surface area (Å²) >= 11 is 0. The molecule has 9 nitrogen and oxygen atoms in total. The molecule has 1 saturated heterocycles. The van der Waals surface area contributed by atoms with Crippen LogP contribution in [0, 0.1) is 6.92 Å². The number of amides is 2. The summed E-state index contributed by atoms with van der Waals surface area (Å²) in [6.07, 6.45) is 8.08. The van der Waals surface area contributed by atoms with Crippen LogP contribution >= 0.6 is 0 Å². The lowest BCUT2D eigenvalue weighted by Crippen LogP contribution is -2.39. The summed E-state index contributed by atoms with van der Waals surface area (Å²) in [6, 6.07) is 15.8. The molecule has 1 unspecified atom stereocenters. The van der Waals surface area contributed by atoms with Gasteiger partial charge in [-0.2, -0.15) is 4.98 Å². The predicted octanol–water partition coefficient (Wildman–Crippen LogP) is 4.29. The van der Waals surface area contributed by atoms with Gasteiger partial charge < -0.3 is 19.9 Å². The highest BCUT2D eigenvalue weighted by atomic mass is 16.5. The smallest absolute Gasteiger partial charge is 0.254 e. The standard InChI is InChI=1S/C28H28N6O3/c1-19-15-25(37-23-10-8-21(9-11-23)26(29)35)32-27(31-19)24-7-2-3-13-34(24)28(36)22-6-4-5-20(16-22)17-33-14-12-30-18-33/h4-6,8-12,14-16,18,24H,2-3,7,13,17H2,1H3,(H2,29,35). The van der Waals surface area contributed by atoms with Crippen molar-refractivity contribution in [2.75, 3.05) is 6.54 Å². The number of ether oxygens (including phenoxy) is 1. The van der Waals surface area contributed by atoms with E-state index in [1.54, 1.807) is 42.9 Å². The van der Waals surface area contributed by atoms with Crippen LogP contribution in [-0.4, -0.2) is 42.8 Å². The minimum absolute atomic E-state index is 0.0354. The Kier molecular flexibility index (Phi) is 6.93.